The van der Waals surface area contributed by atoms with E-state index in [1.54, 1.807) is 6.07 Å². The van der Waals surface area contributed by atoms with Gasteiger partial charge in [-0.05, 0) is 47.1 Å². The van der Waals surface area contributed by atoms with E-state index < -0.39 is 58.7 Å². The van der Waals surface area contributed by atoms with Crippen molar-refractivity contribution < 1.29 is 39.2 Å². The molecule has 5 rings (SSSR count). The quantitative estimate of drug-likeness (QED) is 0.248. The third-order valence-electron chi connectivity index (χ3n) is 7.81. The van der Waals surface area contributed by atoms with Crippen molar-refractivity contribution in [2.24, 2.45) is 17.6 Å². The molecule has 2 aromatic carbocycles. The third kappa shape index (κ3) is 3.79. The summed E-state index contributed by atoms with van der Waals surface area (Å²) in [6.45, 7) is 0.284. The average molecular weight is 523 g/mol. The van der Waals surface area contributed by atoms with Crippen LogP contribution in [0.5, 0.6) is 5.75 Å². The highest BCUT2D eigenvalue weighted by molar-refractivity contribution is 6.22. The summed E-state index contributed by atoms with van der Waals surface area (Å²) >= 11 is 0. The van der Waals surface area contributed by atoms with Gasteiger partial charge in [-0.2, -0.15) is 0 Å². The number of fused-ring (bicyclic) bond motifs is 3. The number of nitrogens with one attached hydrogen (secondary N) is 1. The van der Waals surface area contributed by atoms with Crippen molar-refractivity contribution in [2.75, 3.05) is 13.2 Å². The van der Waals surface area contributed by atoms with Crippen molar-refractivity contribution in [3.8, 4) is 16.9 Å². The molecule has 0 unspecified atom stereocenters. The van der Waals surface area contributed by atoms with Crippen molar-refractivity contribution in [1.29, 1.82) is 0 Å². The summed E-state index contributed by atoms with van der Waals surface area (Å²) in [5.41, 5.74) is 4.73. The second kappa shape index (κ2) is 9.38. The van der Waals surface area contributed by atoms with Gasteiger partial charge in [-0.1, -0.05) is 30.3 Å². The molecule has 1 amide bonds. The first-order valence-electron chi connectivity index (χ1n) is 12.3. The molecule has 0 saturated heterocycles. The minimum atomic E-state index is -2.59. The maximum Gasteiger partial charge on any atom is 0.255 e. The van der Waals surface area contributed by atoms with Gasteiger partial charge in [0.05, 0.1) is 5.56 Å². The van der Waals surface area contributed by atoms with Crippen LogP contribution in [0, 0.1) is 11.8 Å². The largest absolute Gasteiger partial charge is 0.508 e. The summed E-state index contributed by atoms with van der Waals surface area (Å²) in [5.74, 6) is -6.56. The molecule has 0 spiro atoms. The Balaban J connectivity index is 1.59. The highest BCUT2D eigenvalue weighted by Crippen LogP contribution is 2.53. The summed E-state index contributed by atoms with van der Waals surface area (Å²) in [4.78, 5) is 37.9. The molecule has 3 aliphatic rings. The second-order valence-corrected chi connectivity index (χ2v) is 9.96. The number of nitrogens with two attached hydrogens (primary N) is 1. The van der Waals surface area contributed by atoms with Crippen LogP contribution in [0.15, 0.2) is 53.3 Å². The number of aliphatic hydroxyl groups excluding tert-OH is 2. The summed E-state index contributed by atoms with van der Waals surface area (Å²) in [6.07, 6.45) is -0.0815. The van der Waals surface area contributed by atoms with Crippen LogP contribution in [-0.4, -0.2) is 56.7 Å². The van der Waals surface area contributed by atoms with Crippen LogP contribution in [0.3, 0.4) is 0 Å². The standard InChI is InChI=1S/C28H27FN2O7/c29-7-8-31-12-13-1-3-14(4-2-13)17-5-6-19(32)22-18(17)10-15-9-16-11-20(33)23(27(30)37)26(36)28(16,38)25(35)21(15)24(22)34/h1-6,15-16,31-32,34,36,38H,7-12H2,(H2,30,37)/t15-,16+,28+/m1/s1. The first-order chi connectivity index (χ1) is 18.1. The lowest BCUT2D eigenvalue weighted by molar-refractivity contribution is -0.147. The number of ketones is 2. The molecule has 38 heavy (non-hydrogen) atoms. The first kappa shape index (κ1) is 25.6. The number of halogens is 1. The Morgan fingerprint density at radius 2 is 1.79 bits per heavy atom. The van der Waals surface area contributed by atoms with E-state index in [4.69, 9.17) is 5.73 Å². The van der Waals surface area contributed by atoms with E-state index in [1.807, 2.05) is 24.3 Å². The lowest BCUT2D eigenvalue weighted by atomic mass is 9.59. The molecule has 2 aromatic rings. The van der Waals surface area contributed by atoms with Crippen LogP contribution in [0.25, 0.3) is 16.9 Å². The Morgan fingerprint density at radius 3 is 2.45 bits per heavy atom. The molecule has 10 heteroatoms. The van der Waals surface area contributed by atoms with Crippen LogP contribution in [0.1, 0.15) is 29.5 Å². The van der Waals surface area contributed by atoms with Crippen molar-refractivity contribution in [1.82, 2.24) is 5.32 Å². The van der Waals surface area contributed by atoms with E-state index in [1.165, 1.54) is 6.07 Å². The number of primary amides is 1. The highest BCUT2D eigenvalue weighted by Gasteiger charge is 2.60. The number of hydrogen-bond donors (Lipinski definition) is 6. The van der Waals surface area contributed by atoms with E-state index >= 15 is 0 Å². The van der Waals surface area contributed by atoms with Crippen LogP contribution in [0.4, 0.5) is 4.39 Å². The van der Waals surface area contributed by atoms with Crippen LogP contribution in [0.2, 0.25) is 0 Å². The number of benzene rings is 2. The van der Waals surface area contributed by atoms with E-state index in [0.717, 1.165) is 16.7 Å². The number of hydrogen-bond acceptors (Lipinski definition) is 8. The maximum atomic E-state index is 13.6. The molecular formula is C28H27FN2O7. The van der Waals surface area contributed by atoms with E-state index in [0.29, 0.717) is 12.1 Å². The molecule has 0 aromatic heterocycles. The minimum absolute atomic E-state index is 0.0447. The zero-order chi connectivity index (χ0) is 27.4. The van der Waals surface area contributed by atoms with Gasteiger partial charge in [-0.25, -0.2) is 4.39 Å². The van der Waals surface area contributed by atoms with E-state index in [9.17, 15) is 39.2 Å². The van der Waals surface area contributed by atoms with Gasteiger partial charge in [0.1, 0.15) is 29.5 Å². The van der Waals surface area contributed by atoms with Gasteiger partial charge in [0, 0.05) is 31.0 Å². The fraction of sp³-hybridized carbons (Fsp3) is 0.321. The fourth-order valence-electron chi connectivity index (χ4n) is 5.99. The first-order valence-corrected chi connectivity index (χ1v) is 12.3. The number of phenolic OH excluding ortho intramolecular Hbond substituents is 1. The van der Waals surface area contributed by atoms with Gasteiger partial charge < -0.3 is 31.5 Å². The van der Waals surface area contributed by atoms with Gasteiger partial charge >= 0.3 is 0 Å². The Kier molecular flexibility index (Phi) is 6.32. The Morgan fingerprint density at radius 1 is 1.08 bits per heavy atom. The number of aromatic hydroxyl groups is 1. The van der Waals surface area contributed by atoms with Crippen LogP contribution in [-0.2, 0) is 27.3 Å². The molecule has 1 saturated carbocycles. The number of rotatable bonds is 6. The van der Waals surface area contributed by atoms with Crippen molar-refractivity contribution in [3.63, 3.8) is 0 Å². The Labute approximate surface area is 217 Å². The Hall–Kier alpha value is -4.02. The minimum Gasteiger partial charge on any atom is -0.508 e. The number of carbonyl (C=O) groups is 3. The number of amides is 1. The van der Waals surface area contributed by atoms with E-state index in [-0.39, 0.29) is 42.7 Å². The normalized spacial score (nSPS) is 24.7. The molecule has 3 aliphatic carbocycles. The second-order valence-electron chi connectivity index (χ2n) is 9.96. The smallest absolute Gasteiger partial charge is 0.255 e. The molecule has 7 N–H and O–H groups in total. The van der Waals surface area contributed by atoms with Gasteiger partial charge in [0.15, 0.2) is 11.4 Å². The molecule has 1 fully saturated rings. The topological polar surface area (TPSA) is 170 Å². The molecular weight excluding hydrogens is 495 g/mol. The predicted molar refractivity (Wildman–Crippen MR) is 135 cm³/mol. The van der Waals surface area contributed by atoms with Crippen molar-refractivity contribution in [3.05, 3.63) is 70.0 Å². The number of aliphatic hydroxyl groups is 3. The lowest BCUT2D eigenvalue weighted by Gasteiger charge is -2.46. The zero-order valence-electron chi connectivity index (χ0n) is 20.3. The van der Waals surface area contributed by atoms with Crippen LogP contribution < -0.4 is 11.1 Å². The van der Waals surface area contributed by atoms with Crippen molar-refractivity contribution >= 4 is 23.2 Å². The summed E-state index contributed by atoms with van der Waals surface area (Å²) in [6, 6.07) is 10.6. The average Bonchev–Trinajstić information content (AvgIpc) is 2.87. The zero-order valence-corrected chi connectivity index (χ0v) is 20.3. The molecule has 198 valence electrons. The molecule has 0 heterocycles. The molecule has 0 aliphatic heterocycles. The van der Waals surface area contributed by atoms with Crippen LogP contribution >= 0.6 is 0 Å². The molecule has 3 atom stereocenters. The predicted octanol–water partition coefficient (Wildman–Crippen LogP) is 2.15. The monoisotopic (exact) mass is 522 g/mol. The number of carbonyl (C=O) groups excluding carboxylic acids is 3. The Bertz CT molecular complexity index is 1430. The van der Waals surface area contributed by atoms with Gasteiger partial charge in [0.2, 0.25) is 5.78 Å². The number of phenols is 1. The summed E-state index contributed by atoms with van der Waals surface area (Å²) in [7, 11) is 0. The molecule has 9 nitrogen and oxygen atoms in total. The van der Waals surface area contributed by atoms with Crippen molar-refractivity contribution in [2.45, 2.75) is 31.4 Å². The summed E-state index contributed by atoms with van der Waals surface area (Å²) in [5, 5.41) is 46.9. The lowest BCUT2D eigenvalue weighted by Crippen LogP contribution is -2.58. The molecule has 0 radical (unpaired) electrons. The number of Topliss-reactive ketones (excluding diaryl/α,β-unsaturated/α-hetero) is 2. The maximum absolute atomic E-state index is 13.6. The number of alkyl halides is 1. The summed E-state index contributed by atoms with van der Waals surface area (Å²) < 4.78 is 12.4. The third-order valence-corrected chi connectivity index (χ3v) is 7.81. The van der Waals surface area contributed by atoms with Gasteiger partial charge in [-0.15, -0.1) is 0 Å². The molecule has 0 bridgehead atoms. The van der Waals surface area contributed by atoms with E-state index in [2.05, 4.69) is 5.32 Å². The fourth-order valence-corrected chi connectivity index (χ4v) is 5.99. The highest BCUT2D eigenvalue weighted by atomic mass is 19.1. The van der Waals surface area contributed by atoms with Gasteiger partial charge in [0.25, 0.3) is 5.91 Å². The van der Waals surface area contributed by atoms with Gasteiger partial charge in [-0.3, -0.25) is 14.4 Å². The SMILES string of the molecule is NC(=O)C1=C(O)[C@@]2(O)C(=O)C3=C(O)c4c(O)ccc(-c5ccc(CNCCF)cc5)c4C[C@H]3C[C@H]2CC1=O.